The van der Waals surface area contributed by atoms with Gasteiger partial charge in [0.15, 0.2) is 0 Å². The lowest BCUT2D eigenvalue weighted by molar-refractivity contribution is 0.0801. The molecule has 0 spiro atoms. The smallest absolute Gasteiger partial charge is 0.255 e. The molecule has 1 atom stereocenters. The van der Waals surface area contributed by atoms with E-state index in [9.17, 15) is 4.79 Å². The van der Waals surface area contributed by atoms with Gasteiger partial charge in [-0.1, -0.05) is 0 Å². The normalized spacial score (nSPS) is 12.6. The summed E-state index contributed by atoms with van der Waals surface area (Å²) < 4.78 is 1.63. The minimum atomic E-state index is -0.929. The molecule has 3 N–H and O–H groups in total. The van der Waals surface area contributed by atoms with Gasteiger partial charge in [-0.2, -0.15) is 5.10 Å². The van der Waals surface area contributed by atoms with Gasteiger partial charge in [-0.15, -0.1) is 0 Å². The van der Waals surface area contributed by atoms with Crippen molar-refractivity contribution in [2.45, 2.75) is 20.0 Å². The van der Waals surface area contributed by atoms with Crippen molar-refractivity contribution < 1.29 is 15.0 Å². The minimum absolute atomic E-state index is 0.0309. The van der Waals surface area contributed by atoms with Gasteiger partial charge in [-0.3, -0.25) is 9.48 Å². The van der Waals surface area contributed by atoms with Crippen LogP contribution in [0.4, 0.5) is 0 Å². The summed E-state index contributed by atoms with van der Waals surface area (Å²) in [7, 11) is 1.77. The summed E-state index contributed by atoms with van der Waals surface area (Å²) in [5, 5.41) is 24.4. The van der Waals surface area contributed by atoms with Gasteiger partial charge in [0.1, 0.15) is 0 Å². The third-order valence-electron chi connectivity index (χ3n) is 2.45. The fraction of sp³-hybridized carbons (Fsp3) is 0.600. The number of aryl methyl sites for hydroxylation is 2. The number of hydrogen-bond acceptors (Lipinski definition) is 4. The Morgan fingerprint density at radius 2 is 2.19 bits per heavy atom. The average molecular weight is 227 g/mol. The van der Waals surface area contributed by atoms with Crippen LogP contribution in [0.1, 0.15) is 21.7 Å². The van der Waals surface area contributed by atoms with Gasteiger partial charge in [0.25, 0.3) is 5.91 Å². The summed E-state index contributed by atoms with van der Waals surface area (Å²) in [5.74, 6) is -0.282. The lowest BCUT2D eigenvalue weighted by Crippen LogP contribution is -2.34. The summed E-state index contributed by atoms with van der Waals surface area (Å²) in [6.45, 7) is 3.22. The van der Waals surface area contributed by atoms with E-state index in [2.05, 4.69) is 10.4 Å². The Balaban J connectivity index is 2.73. The maximum absolute atomic E-state index is 11.8. The molecule has 0 aliphatic carbocycles. The van der Waals surface area contributed by atoms with Crippen molar-refractivity contribution in [3.05, 3.63) is 17.0 Å². The molecule has 1 amide bonds. The van der Waals surface area contributed by atoms with Crippen LogP contribution in [-0.2, 0) is 7.05 Å². The standard InChI is InChI=1S/C10H17N3O3/c1-6-9(7(2)13(3)12-6)10(16)11-4-8(15)5-14/h8,14-15H,4-5H2,1-3H3,(H,11,16). The average Bonchev–Trinajstić information content (AvgIpc) is 2.49. The maximum atomic E-state index is 11.8. The third-order valence-corrected chi connectivity index (χ3v) is 2.45. The zero-order chi connectivity index (χ0) is 12.3. The molecule has 1 unspecified atom stereocenters. The van der Waals surface area contributed by atoms with Crippen LogP contribution in [0.3, 0.4) is 0 Å². The predicted octanol–water partition coefficient (Wildman–Crippen LogP) is -0.880. The van der Waals surface area contributed by atoms with Gasteiger partial charge in [0, 0.05) is 19.3 Å². The van der Waals surface area contributed by atoms with Crippen LogP contribution < -0.4 is 5.32 Å². The quantitative estimate of drug-likeness (QED) is 0.623. The van der Waals surface area contributed by atoms with E-state index in [0.29, 0.717) is 11.3 Å². The fourth-order valence-electron chi connectivity index (χ4n) is 1.47. The molecule has 0 aliphatic rings. The number of carbonyl (C=O) groups is 1. The van der Waals surface area contributed by atoms with Crippen LogP contribution in [0, 0.1) is 13.8 Å². The summed E-state index contributed by atoms with van der Waals surface area (Å²) in [6.07, 6.45) is -0.929. The lowest BCUT2D eigenvalue weighted by Gasteiger charge is -2.09. The summed E-state index contributed by atoms with van der Waals surface area (Å²) in [6, 6.07) is 0. The van der Waals surface area contributed by atoms with Gasteiger partial charge >= 0.3 is 0 Å². The van der Waals surface area contributed by atoms with Crippen molar-refractivity contribution in [2.24, 2.45) is 7.05 Å². The first-order valence-electron chi connectivity index (χ1n) is 5.04. The zero-order valence-electron chi connectivity index (χ0n) is 9.69. The molecule has 0 fully saturated rings. The van der Waals surface area contributed by atoms with E-state index in [1.54, 1.807) is 25.6 Å². The molecule has 1 aromatic heterocycles. The maximum Gasteiger partial charge on any atom is 0.255 e. The second-order valence-electron chi connectivity index (χ2n) is 3.72. The van der Waals surface area contributed by atoms with Crippen LogP contribution in [0.2, 0.25) is 0 Å². The monoisotopic (exact) mass is 227 g/mol. The van der Waals surface area contributed by atoms with Crippen LogP contribution in [0.25, 0.3) is 0 Å². The Labute approximate surface area is 93.9 Å². The summed E-state index contributed by atoms with van der Waals surface area (Å²) in [5.41, 5.74) is 1.94. The molecule has 1 heterocycles. The molecule has 1 aromatic rings. The highest BCUT2D eigenvalue weighted by Gasteiger charge is 2.17. The molecule has 1 rings (SSSR count). The highest BCUT2D eigenvalue weighted by molar-refractivity contribution is 5.96. The van der Waals surface area contributed by atoms with Crippen LogP contribution >= 0.6 is 0 Å². The molecular weight excluding hydrogens is 210 g/mol. The van der Waals surface area contributed by atoms with Crippen LogP contribution in [0.5, 0.6) is 0 Å². The van der Waals surface area contributed by atoms with Gasteiger partial charge in [-0.25, -0.2) is 0 Å². The van der Waals surface area contributed by atoms with Crippen molar-refractivity contribution >= 4 is 5.91 Å². The summed E-state index contributed by atoms with van der Waals surface area (Å²) in [4.78, 5) is 11.8. The second kappa shape index (κ2) is 5.09. The molecule has 0 saturated heterocycles. The Morgan fingerprint density at radius 3 is 2.62 bits per heavy atom. The fourth-order valence-corrected chi connectivity index (χ4v) is 1.47. The topological polar surface area (TPSA) is 87.4 Å². The SMILES string of the molecule is Cc1nn(C)c(C)c1C(=O)NCC(O)CO. The lowest BCUT2D eigenvalue weighted by atomic mass is 10.2. The number of carbonyl (C=O) groups excluding carboxylic acids is 1. The molecule has 0 bridgehead atoms. The molecule has 0 radical (unpaired) electrons. The molecular formula is C10H17N3O3. The van der Waals surface area contributed by atoms with E-state index in [1.165, 1.54) is 0 Å². The van der Waals surface area contributed by atoms with Gasteiger partial charge in [-0.05, 0) is 13.8 Å². The number of nitrogens with zero attached hydrogens (tertiary/aromatic N) is 2. The molecule has 0 aromatic carbocycles. The largest absolute Gasteiger partial charge is 0.394 e. The Hall–Kier alpha value is -1.40. The van der Waals surface area contributed by atoms with Crippen LogP contribution in [-0.4, -0.2) is 45.2 Å². The molecule has 16 heavy (non-hydrogen) atoms. The second-order valence-corrected chi connectivity index (χ2v) is 3.72. The van der Waals surface area contributed by atoms with E-state index in [0.717, 1.165) is 5.69 Å². The Kier molecular flexibility index (Phi) is 4.03. The number of nitrogens with one attached hydrogen (secondary N) is 1. The van der Waals surface area contributed by atoms with Crippen molar-refractivity contribution in [1.29, 1.82) is 0 Å². The molecule has 6 heteroatoms. The van der Waals surface area contributed by atoms with Gasteiger partial charge in [0.2, 0.25) is 0 Å². The van der Waals surface area contributed by atoms with E-state index in [1.807, 2.05) is 0 Å². The number of aliphatic hydroxyl groups excluding tert-OH is 2. The molecule has 90 valence electrons. The van der Waals surface area contributed by atoms with E-state index in [-0.39, 0.29) is 19.1 Å². The van der Waals surface area contributed by atoms with E-state index >= 15 is 0 Å². The van der Waals surface area contributed by atoms with Crippen molar-refractivity contribution in [2.75, 3.05) is 13.2 Å². The van der Waals surface area contributed by atoms with Crippen molar-refractivity contribution in [3.8, 4) is 0 Å². The highest BCUT2D eigenvalue weighted by atomic mass is 16.3. The molecule has 6 nitrogen and oxygen atoms in total. The molecule has 0 aliphatic heterocycles. The van der Waals surface area contributed by atoms with Crippen LogP contribution in [0.15, 0.2) is 0 Å². The first kappa shape index (κ1) is 12.7. The van der Waals surface area contributed by atoms with Crippen molar-refractivity contribution in [3.63, 3.8) is 0 Å². The van der Waals surface area contributed by atoms with E-state index < -0.39 is 6.10 Å². The van der Waals surface area contributed by atoms with Gasteiger partial charge in [0.05, 0.1) is 24.0 Å². The van der Waals surface area contributed by atoms with Crippen molar-refractivity contribution in [1.82, 2.24) is 15.1 Å². The van der Waals surface area contributed by atoms with E-state index in [4.69, 9.17) is 10.2 Å². The Bertz CT molecular complexity index is 387. The highest BCUT2D eigenvalue weighted by Crippen LogP contribution is 2.11. The summed E-state index contributed by atoms with van der Waals surface area (Å²) >= 11 is 0. The zero-order valence-corrected chi connectivity index (χ0v) is 9.69. The number of aromatic nitrogens is 2. The molecule has 0 saturated carbocycles. The number of hydrogen-bond donors (Lipinski definition) is 3. The first-order valence-corrected chi connectivity index (χ1v) is 5.04. The Morgan fingerprint density at radius 1 is 1.56 bits per heavy atom. The first-order chi connectivity index (χ1) is 7.47. The third kappa shape index (κ3) is 2.59. The number of amides is 1. The van der Waals surface area contributed by atoms with Gasteiger partial charge < -0.3 is 15.5 Å². The number of rotatable bonds is 4. The number of aliphatic hydroxyl groups is 2. The predicted molar refractivity (Wildman–Crippen MR) is 58.1 cm³/mol. The minimum Gasteiger partial charge on any atom is -0.394 e.